The Hall–Kier alpha value is -3.12. The lowest BCUT2D eigenvalue weighted by Gasteiger charge is -2.33. The first-order valence-corrected chi connectivity index (χ1v) is 10.3. The van der Waals surface area contributed by atoms with Crippen molar-refractivity contribution >= 4 is 45.3 Å². The summed E-state index contributed by atoms with van der Waals surface area (Å²) in [6.45, 7) is 0.735. The summed E-state index contributed by atoms with van der Waals surface area (Å²) < 4.78 is 2.23. The summed E-state index contributed by atoms with van der Waals surface area (Å²) in [5, 5.41) is 12.1. The van der Waals surface area contributed by atoms with Crippen molar-refractivity contribution in [1.82, 2.24) is 14.5 Å². The predicted octanol–water partition coefficient (Wildman–Crippen LogP) is 4.32. The summed E-state index contributed by atoms with van der Waals surface area (Å²) in [5.74, 6) is -0.119. The first-order chi connectivity index (χ1) is 14.5. The number of hydrogen-bond acceptors (Lipinski definition) is 4. The highest BCUT2D eigenvalue weighted by molar-refractivity contribution is 6.31. The molecule has 30 heavy (non-hydrogen) atoms. The first-order valence-electron chi connectivity index (χ1n) is 9.97. The van der Waals surface area contributed by atoms with Gasteiger partial charge in [-0.05, 0) is 36.6 Å². The molecule has 7 heteroatoms. The Kier molecular flexibility index (Phi) is 4.59. The number of halogens is 1. The van der Waals surface area contributed by atoms with E-state index in [1.54, 1.807) is 0 Å². The minimum atomic E-state index is -0.816. The molecule has 5 rings (SSSR count). The highest BCUT2D eigenvalue weighted by Crippen LogP contribution is 2.34. The summed E-state index contributed by atoms with van der Waals surface area (Å²) >= 11 is 6.27. The van der Waals surface area contributed by atoms with E-state index in [0.717, 1.165) is 52.4 Å². The molecule has 1 aliphatic heterocycles. The van der Waals surface area contributed by atoms with Crippen LogP contribution in [-0.4, -0.2) is 38.7 Å². The Labute approximate surface area is 178 Å². The van der Waals surface area contributed by atoms with E-state index in [2.05, 4.69) is 14.5 Å². The fraction of sp³-hybridized carbons (Fsp3) is 0.261. The van der Waals surface area contributed by atoms with Crippen LogP contribution in [0.3, 0.4) is 0 Å². The lowest BCUT2D eigenvalue weighted by Crippen LogP contribution is -2.40. The third-order valence-corrected chi connectivity index (χ3v) is 6.26. The minimum Gasteiger partial charge on any atom is -0.481 e. The maximum Gasteiger partial charge on any atom is 0.307 e. The van der Waals surface area contributed by atoms with E-state index in [4.69, 9.17) is 16.6 Å². The molecule has 1 N–H and O–H groups in total. The molecule has 2 aromatic heterocycles. The number of fused-ring (bicyclic) bond motifs is 4. The van der Waals surface area contributed by atoms with E-state index in [9.17, 15) is 9.90 Å². The van der Waals surface area contributed by atoms with Crippen LogP contribution in [0, 0.1) is 0 Å². The molecule has 0 saturated carbocycles. The number of aromatic nitrogens is 3. The SMILES string of the molecule is CN(c1ncc2ccccc2n1)C1CCc2c(CC(=O)O)c3ccc(Cl)cc3n2C1. The number of hydrogen-bond donors (Lipinski definition) is 1. The zero-order valence-electron chi connectivity index (χ0n) is 16.5. The van der Waals surface area contributed by atoms with Gasteiger partial charge in [-0.1, -0.05) is 35.9 Å². The number of likely N-dealkylation sites (N-methyl/N-ethyl adjacent to an activating group) is 1. The van der Waals surface area contributed by atoms with Crippen molar-refractivity contribution in [2.24, 2.45) is 0 Å². The van der Waals surface area contributed by atoms with Crippen molar-refractivity contribution in [3.05, 3.63) is 64.9 Å². The Morgan fingerprint density at radius 1 is 1.30 bits per heavy atom. The summed E-state index contributed by atoms with van der Waals surface area (Å²) in [5.41, 5.74) is 3.91. The van der Waals surface area contributed by atoms with Crippen molar-refractivity contribution < 1.29 is 9.90 Å². The number of rotatable bonds is 4. The number of carbonyl (C=O) groups is 1. The van der Waals surface area contributed by atoms with Gasteiger partial charge in [0.2, 0.25) is 5.95 Å². The zero-order valence-corrected chi connectivity index (χ0v) is 17.3. The number of nitrogens with zero attached hydrogens (tertiary/aromatic N) is 4. The summed E-state index contributed by atoms with van der Waals surface area (Å²) in [4.78, 5) is 22.9. The molecular formula is C23H21ClN4O2. The van der Waals surface area contributed by atoms with Crippen LogP contribution in [0.2, 0.25) is 5.02 Å². The van der Waals surface area contributed by atoms with Crippen molar-refractivity contribution in [1.29, 1.82) is 0 Å². The van der Waals surface area contributed by atoms with E-state index in [1.165, 1.54) is 0 Å². The third kappa shape index (κ3) is 3.17. The van der Waals surface area contributed by atoms with E-state index >= 15 is 0 Å². The molecule has 0 radical (unpaired) electrons. The van der Waals surface area contributed by atoms with Gasteiger partial charge >= 0.3 is 5.97 Å². The van der Waals surface area contributed by atoms with E-state index in [-0.39, 0.29) is 12.5 Å². The summed E-state index contributed by atoms with van der Waals surface area (Å²) in [6, 6.07) is 13.9. The van der Waals surface area contributed by atoms with E-state index in [1.807, 2.05) is 55.7 Å². The van der Waals surface area contributed by atoms with E-state index in [0.29, 0.717) is 11.0 Å². The quantitative estimate of drug-likeness (QED) is 0.532. The van der Waals surface area contributed by atoms with Gasteiger partial charge in [0.25, 0.3) is 0 Å². The van der Waals surface area contributed by atoms with Crippen LogP contribution in [0.25, 0.3) is 21.8 Å². The molecule has 1 unspecified atom stereocenters. The fourth-order valence-corrected chi connectivity index (χ4v) is 4.67. The largest absolute Gasteiger partial charge is 0.481 e. The predicted molar refractivity (Wildman–Crippen MR) is 118 cm³/mol. The van der Waals surface area contributed by atoms with Crippen LogP contribution >= 0.6 is 11.6 Å². The smallest absolute Gasteiger partial charge is 0.307 e. The standard InChI is InChI=1S/C23H21ClN4O2/c1-27(23-25-12-14-4-2-3-5-19(14)26-23)16-7-9-20-18(11-22(29)30)17-8-6-15(24)10-21(17)28(20)13-16/h2-6,8,10,12,16H,7,9,11,13H2,1H3,(H,29,30). The molecule has 0 aliphatic carbocycles. The molecule has 0 fully saturated rings. The van der Waals surface area contributed by atoms with Crippen molar-refractivity contribution in [3.8, 4) is 0 Å². The molecule has 0 bridgehead atoms. The third-order valence-electron chi connectivity index (χ3n) is 6.03. The average Bonchev–Trinajstić information content (AvgIpc) is 3.04. The van der Waals surface area contributed by atoms with Crippen LogP contribution in [0.4, 0.5) is 5.95 Å². The highest BCUT2D eigenvalue weighted by atomic mass is 35.5. The number of benzene rings is 2. The molecule has 2 aromatic carbocycles. The molecular weight excluding hydrogens is 400 g/mol. The normalized spacial score (nSPS) is 16.0. The van der Waals surface area contributed by atoms with Gasteiger partial charge in [0.15, 0.2) is 0 Å². The van der Waals surface area contributed by atoms with Gasteiger partial charge in [-0.2, -0.15) is 0 Å². The van der Waals surface area contributed by atoms with Crippen LogP contribution in [0.15, 0.2) is 48.7 Å². The second-order valence-electron chi connectivity index (χ2n) is 7.80. The minimum absolute atomic E-state index is 0.0226. The van der Waals surface area contributed by atoms with Crippen molar-refractivity contribution in [2.45, 2.75) is 31.8 Å². The molecule has 3 heterocycles. The molecule has 6 nitrogen and oxygen atoms in total. The Balaban J connectivity index is 1.52. The van der Waals surface area contributed by atoms with Gasteiger partial charge in [-0.15, -0.1) is 0 Å². The second-order valence-corrected chi connectivity index (χ2v) is 8.24. The lowest BCUT2D eigenvalue weighted by atomic mass is 9.99. The number of carboxylic acid groups (broad SMARTS) is 1. The number of aliphatic carboxylic acids is 1. The van der Waals surface area contributed by atoms with Crippen molar-refractivity contribution in [3.63, 3.8) is 0 Å². The number of carboxylic acids is 1. The van der Waals surface area contributed by atoms with Gasteiger partial charge in [0.1, 0.15) is 0 Å². The number of para-hydroxylation sites is 1. The van der Waals surface area contributed by atoms with E-state index < -0.39 is 5.97 Å². The second kappa shape index (κ2) is 7.29. The molecule has 0 amide bonds. The maximum atomic E-state index is 11.5. The van der Waals surface area contributed by atoms with Crippen LogP contribution in [0.1, 0.15) is 17.7 Å². The Morgan fingerprint density at radius 3 is 2.97 bits per heavy atom. The molecule has 152 valence electrons. The van der Waals surface area contributed by atoms with Crippen LogP contribution in [-0.2, 0) is 24.2 Å². The van der Waals surface area contributed by atoms with Crippen LogP contribution < -0.4 is 4.90 Å². The van der Waals surface area contributed by atoms with Crippen LogP contribution in [0.5, 0.6) is 0 Å². The Bertz CT molecular complexity index is 1280. The monoisotopic (exact) mass is 420 g/mol. The fourth-order valence-electron chi connectivity index (χ4n) is 4.51. The zero-order chi connectivity index (χ0) is 20.8. The maximum absolute atomic E-state index is 11.5. The number of anilines is 1. The van der Waals surface area contributed by atoms with Gasteiger partial charge in [0.05, 0.1) is 17.5 Å². The van der Waals surface area contributed by atoms with Gasteiger partial charge in [-0.25, -0.2) is 9.97 Å². The molecule has 0 spiro atoms. The average molecular weight is 421 g/mol. The molecule has 1 aliphatic rings. The molecule has 4 aromatic rings. The topological polar surface area (TPSA) is 71.2 Å². The Morgan fingerprint density at radius 2 is 2.13 bits per heavy atom. The molecule has 1 atom stereocenters. The van der Waals surface area contributed by atoms with Crippen molar-refractivity contribution in [2.75, 3.05) is 11.9 Å². The van der Waals surface area contributed by atoms with Gasteiger partial charge in [-0.3, -0.25) is 4.79 Å². The lowest BCUT2D eigenvalue weighted by molar-refractivity contribution is -0.136. The summed E-state index contributed by atoms with van der Waals surface area (Å²) in [6.07, 6.45) is 3.59. The van der Waals surface area contributed by atoms with Gasteiger partial charge in [0, 0.05) is 47.3 Å². The molecule has 0 saturated heterocycles. The van der Waals surface area contributed by atoms with Gasteiger partial charge < -0.3 is 14.6 Å². The summed E-state index contributed by atoms with van der Waals surface area (Å²) in [7, 11) is 2.02. The highest BCUT2D eigenvalue weighted by Gasteiger charge is 2.28. The first kappa shape index (κ1) is 18.9.